The van der Waals surface area contributed by atoms with Gasteiger partial charge in [0.05, 0.1) is 7.11 Å². The van der Waals surface area contributed by atoms with Gasteiger partial charge in [0.25, 0.3) is 0 Å². The minimum absolute atomic E-state index is 0.0460. The summed E-state index contributed by atoms with van der Waals surface area (Å²) in [6, 6.07) is 27.9. The van der Waals surface area contributed by atoms with Crippen LogP contribution in [0.15, 0.2) is 84.9 Å². The van der Waals surface area contributed by atoms with Crippen molar-refractivity contribution in [3.05, 3.63) is 102 Å². The molecule has 160 valence electrons. The van der Waals surface area contributed by atoms with Crippen LogP contribution in [0.3, 0.4) is 0 Å². The molecular formula is C26H28N2O3. The summed E-state index contributed by atoms with van der Waals surface area (Å²) in [5.41, 5.74) is 3.41. The number of nitrogens with zero attached hydrogens (tertiary/aromatic N) is 1. The van der Waals surface area contributed by atoms with Crippen LogP contribution in [0.2, 0.25) is 0 Å². The Bertz CT molecular complexity index is 954. The number of ether oxygens (including phenoxy) is 1. The predicted molar refractivity (Wildman–Crippen MR) is 121 cm³/mol. The highest BCUT2D eigenvalue weighted by Crippen LogP contribution is 2.31. The van der Waals surface area contributed by atoms with Crippen molar-refractivity contribution in [2.24, 2.45) is 0 Å². The first kappa shape index (κ1) is 21.1. The molecule has 3 aromatic rings. The molecule has 0 amide bonds. The lowest BCUT2D eigenvalue weighted by Gasteiger charge is -2.41. The fraction of sp³-hybridized carbons (Fsp3) is 0.269. The van der Waals surface area contributed by atoms with E-state index in [2.05, 4.69) is 34.5 Å². The monoisotopic (exact) mass is 416 g/mol. The SMILES string of the molecule is COc1ccccc1CN1CC(C(=O)O)NC(C(c2ccccc2)c2ccccc2)C1. The van der Waals surface area contributed by atoms with Gasteiger partial charge in [-0.1, -0.05) is 78.9 Å². The number of rotatable bonds is 7. The molecule has 31 heavy (non-hydrogen) atoms. The molecule has 1 heterocycles. The number of hydrogen-bond acceptors (Lipinski definition) is 4. The maximum Gasteiger partial charge on any atom is 0.322 e. The van der Waals surface area contributed by atoms with Gasteiger partial charge in [-0.25, -0.2) is 0 Å². The van der Waals surface area contributed by atoms with Crippen LogP contribution in [0, 0.1) is 0 Å². The number of methoxy groups -OCH3 is 1. The number of piperazine rings is 1. The third-order valence-electron chi connectivity index (χ3n) is 5.92. The van der Waals surface area contributed by atoms with Crippen LogP contribution >= 0.6 is 0 Å². The molecule has 3 aromatic carbocycles. The van der Waals surface area contributed by atoms with Crippen LogP contribution in [0.1, 0.15) is 22.6 Å². The number of para-hydroxylation sites is 1. The van der Waals surface area contributed by atoms with Gasteiger partial charge in [-0.05, 0) is 17.2 Å². The molecule has 2 atom stereocenters. The molecule has 4 rings (SSSR count). The summed E-state index contributed by atoms with van der Waals surface area (Å²) < 4.78 is 5.52. The summed E-state index contributed by atoms with van der Waals surface area (Å²) in [4.78, 5) is 14.2. The minimum Gasteiger partial charge on any atom is -0.496 e. The van der Waals surface area contributed by atoms with E-state index in [9.17, 15) is 9.90 Å². The maximum absolute atomic E-state index is 12.0. The first-order valence-electron chi connectivity index (χ1n) is 10.6. The van der Waals surface area contributed by atoms with Crippen molar-refractivity contribution < 1.29 is 14.6 Å². The predicted octanol–water partition coefficient (Wildman–Crippen LogP) is 3.75. The van der Waals surface area contributed by atoms with E-state index in [-0.39, 0.29) is 12.0 Å². The van der Waals surface area contributed by atoms with Crippen molar-refractivity contribution in [3.63, 3.8) is 0 Å². The summed E-state index contributed by atoms with van der Waals surface area (Å²) >= 11 is 0. The highest BCUT2D eigenvalue weighted by Gasteiger charge is 2.36. The van der Waals surface area contributed by atoms with Crippen molar-refractivity contribution in [1.82, 2.24) is 10.2 Å². The van der Waals surface area contributed by atoms with Gasteiger partial charge >= 0.3 is 5.97 Å². The Labute approximate surface area is 183 Å². The average molecular weight is 417 g/mol. The Kier molecular flexibility index (Phi) is 6.65. The molecule has 0 bridgehead atoms. The number of hydrogen-bond donors (Lipinski definition) is 2. The molecule has 0 aromatic heterocycles. The molecule has 5 heteroatoms. The summed E-state index contributed by atoms with van der Waals surface area (Å²) in [5, 5.41) is 13.3. The van der Waals surface area contributed by atoms with Crippen molar-refractivity contribution in [2.45, 2.75) is 24.5 Å². The Morgan fingerprint density at radius 2 is 1.55 bits per heavy atom. The molecule has 0 saturated carbocycles. The van der Waals surface area contributed by atoms with E-state index >= 15 is 0 Å². The van der Waals surface area contributed by atoms with Gasteiger partial charge in [0.15, 0.2) is 0 Å². The Balaban J connectivity index is 1.66. The molecule has 2 unspecified atom stereocenters. The van der Waals surface area contributed by atoms with E-state index in [1.54, 1.807) is 7.11 Å². The first-order chi connectivity index (χ1) is 15.2. The van der Waals surface area contributed by atoms with Crippen LogP contribution in [0.25, 0.3) is 0 Å². The molecule has 1 aliphatic rings. The van der Waals surface area contributed by atoms with Crippen LogP contribution in [0.5, 0.6) is 5.75 Å². The fourth-order valence-corrected chi connectivity index (χ4v) is 4.51. The lowest BCUT2D eigenvalue weighted by molar-refractivity contribution is -0.141. The maximum atomic E-state index is 12.0. The lowest BCUT2D eigenvalue weighted by atomic mass is 9.83. The first-order valence-corrected chi connectivity index (χ1v) is 10.6. The van der Waals surface area contributed by atoms with Gasteiger partial charge in [0.2, 0.25) is 0 Å². The number of aliphatic carboxylic acids is 1. The zero-order valence-electron chi connectivity index (χ0n) is 17.6. The largest absolute Gasteiger partial charge is 0.496 e. The standard InChI is InChI=1S/C26H28N2O3/c1-31-24-15-9-8-14-21(24)16-28-17-22(27-23(18-28)26(29)30)25(19-10-4-2-5-11-19)20-12-6-3-7-13-20/h2-15,22-23,25,27H,16-18H2,1H3,(H,29,30). The molecule has 5 nitrogen and oxygen atoms in total. The highest BCUT2D eigenvalue weighted by molar-refractivity contribution is 5.74. The van der Waals surface area contributed by atoms with Crippen LogP contribution in [-0.4, -0.2) is 48.3 Å². The minimum atomic E-state index is -0.824. The topological polar surface area (TPSA) is 61.8 Å². The molecule has 1 aliphatic heterocycles. The van der Waals surface area contributed by atoms with Gasteiger partial charge in [0, 0.05) is 37.2 Å². The van der Waals surface area contributed by atoms with E-state index in [4.69, 9.17) is 4.74 Å². The second-order valence-electron chi connectivity index (χ2n) is 7.97. The fourth-order valence-electron chi connectivity index (χ4n) is 4.51. The molecule has 2 N–H and O–H groups in total. The lowest BCUT2D eigenvalue weighted by Crippen LogP contribution is -2.60. The van der Waals surface area contributed by atoms with Crippen molar-refractivity contribution in [3.8, 4) is 5.75 Å². The van der Waals surface area contributed by atoms with Crippen molar-refractivity contribution >= 4 is 5.97 Å². The van der Waals surface area contributed by atoms with Gasteiger partial charge < -0.3 is 9.84 Å². The van der Waals surface area contributed by atoms with E-state index in [0.29, 0.717) is 13.1 Å². The van der Waals surface area contributed by atoms with E-state index in [1.807, 2.05) is 60.7 Å². The van der Waals surface area contributed by atoms with Crippen molar-refractivity contribution in [1.29, 1.82) is 0 Å². The third kappa shape index (κ3) is 4.95. The Hall–Kier alpha value is -3.15. The molecule has 0 spiro atoms. The Morgan fingerprint density at radius 3 is 2.13 bits per heavy atom. The number of nitrogens with one attached hydrogen (secondary N) is 1. The molecule has 0 aliphatic carbocycles. The average Bonchev–Trinajstić information content (AvgIpc) is 2.81. The Morgan fingerprint density at radius 1 is 0.968 bits per heavy atom. The molecule has 0 radical (unpaired) electrons. The highest BCUT2D eigenvalue weighted by atomic mass is 16.5. The number of carbonyl (C=O) groups is 1. The second-order valence-corrected chi connectivity index (χ2v) is 7.97. The van der Waals surface area contributed by atoms with Gasteiger partial charge in [-0.15, -0.1) is 0 Å². The van der Waals surface area contributed by atoms with E-state index < -0.39 is 12.0 Å². The zero-order chi connectivity index (χ0) is 21.6. The summed E-state index contributed by atoms with van der Waals surface area (Å²) in [6.45, 7) is 1.82. The summed E-state index contributed by atoms with van der Waals surface area (Å²) in [5.74, 6) is 0.0476. The van der Waals surface area contributed by atoms with E-state index in [1.165, 1.54) is 11.1 Å². The van der Waals surface area contributed by atoms with Crippen LogP contribution in [-0.2, 0) is 11.3 Å². The molecule has 1 saturated heterocycles. The quantitative estimate of drug-likeness (QED) is 0.614. The molecular weight excluding hydrogens is 388 g/mol. The normalized spacial score (nSPS) is 19.3. The van der Waals surface area contributed by atoms with E-state index in [0.717, 1.165) is 17.9 Å². The van der Waals surface area contributed by atoms with Gasteiger partial charge in [-0.3, -0.25) is 15.0 Å². The van der Waals surface area contributed by atoms with Crippen molar-refractivity contribution in [2.75, 3.05) is 20.2 Å². The molecule has 1 fully saturated rings. The number of carboxylic acids is 1. The van der Waals surface area contributed by atoms with Gasteiger partial charge in [-0.2, -0.15) is 0 Å². The van der Waals surface area contributed by atoms with Crippen LogP contribution < -0.4 is 10.1 Å². The summed E-state index contributed by atoms with van der Waals surface area (Å²) in [6.07, 6.45) is 0. The van der Waals surface area contributed by atoms with Crippen LogP contribution in [0.4, 0.5) is 0 Å². The number of benzene rings is 3. The third-order valence-corrected chi connectivity index (χ3v) is 5.92. The zero-order valence-corrected chi connectivity index (χ0v) is 17.6. The summed E-state index contributed by atoms with van der Waals surface area (Å²) in [7, 11) is 1.67. The number of carboxylic acid groups (broad SMARTS) is 1. The smallest absolute Gasteiger partial charge is 0.322 e. The van der Waals surface area contributed by atoms with Gasteiger partial charge in [0.1, 0.15) is 11.8 Å². The second kappa shape index (κ2) is 9.77.